The highest BCUT2D eigenvalue weighted by Crippen LogP contribution is 2.28. The average Bonchev–Trinajstić information content (AvgIpc) is 3.42. The molecule has 4 aromatic rings. The third kappa shape index (κ3) is 4.41. The minimum Gasteiger partial charge on any atom is -0.464 e. The first kappa shape index (κ1) is 22.1. The summed E-state index contributed by atoms with van der Waals surface area (Å²) in [6.07, 6.45) is 5.28. The van der Waals surface area contributed by atoms with Gasteiger partial charge in [0.2, 0.25) is 0 Å². The van der Waals surface area contributed by atoms with Crippen LogP contribution in [0.2, 0.25) is 0 Å². The molecule has 3 aromatic heterocycles. The number of esters is 1. The van der Waals surface area contributed by atoms with Crippen LogP contribution in [0, 0.1) is 0 Å². The summed E-state index contributed by atoms with van der Waals surface area (Å²) in [6, 6.07) is 10.0. The number of ether oxygens (including phenoxy) is 1. The average molecular weight is 519 g/mol. The molecule has 0 radical (unpaired) electrons. The maximum absolute atomic E-state index is 13.0. The van der Waals surface area contributed by atoms with Crippen molar-refractivity contribution in [2.75, 3.05) is 7.11 Å². The predicted octanol–water partition coefficient (Wildman–Crippen LogP) is 2.83. The largest absolute Gasteiger partial charge is 0.464 e. The fraction of sp³-hybridized carbons (Fsp3) is 0.250. The molecule has 166 valence electrons. The lowest BCUT2D eigenvalue weighted by Gasteiger charge is -2.06. The van der Waals surface area contributed by atoms with Crippen LogP contribution in [-0.4, -0.2) is 50.7 Å². The number of rotatable bonds is 8. The van der Waals surface area contributed by atoms with Crippen LogP contribution in [0.15, 0.2) is 58.2 Å². The topological polar surface area (TPSA) is 122 Å². The van der Waals surface area contributed by atoms with Crippen molar-refractivity contribution in [3.8, 4) is 0 Å². The second-order valence-electron chi connectivity index (χ2n) is 6.98. The second-order valence-corrected chi connectivity index (χ2v) is 9.65. The Morgan fingerprint density at radius 3 is 2.62 bits per heavy atom. The molecule has 0 aliphatic rings. The first-order valence-corrected chi connectivity index (χ1v) is 12.0. The number of fused-ring (bicyclic) bond motifs is 1. The highest BCUT2D eigenvalue weighted by molar-refractivity contribution is 9.10. The lowest BCUT2D eigenvalue weighted by atomic mass is 10.1. The SMILES string of the molecule is COC(=O)c1cn(CCCCc2cc3c(Br)cn(S(=O)(=O)c4ccccc4)c3nn2)nn1. The van der Waals surface area contributed by atoms with E-state index in [4.69, 9.17) is 0 Å². The molecule has 0 amide bonds. The van der Waals surface area contributed by atoms with Gasteiger partial charge in [0.15, 0.2) is 11.3 Å². The van der Waals surface area contributed by atoms with Gasteiger partial charge in [-0.2, -0.15) is 5.10 Å². The van der Waals surface area contributed by atoms with Gasteiger partial charge in [-0.1, -0.05) is 23.4 Å². The van der Waals surface area contributed by atoms with Crippen molar-refractivity contribution in [2.45, 2.75) is 30.7 Å². The van der Waals surface area contributed by atoms with E-state index in [1.165, 1.54) is 13.3 Å². The highest BCUT2D eigenvalue weighted by Gasteiger charge is 2.22. The number of benzene rings is 1. The number of hydrogen-bond acceptors (Lipinski definition) is 8. The van der Waals surface area contributed by atoms with Gasteiger partial charge in [0.05, 0.1) is 23.9 Å². The van der Waals surface area contributed by atoms with E-state index in [0.717, 1.165) is 22.5 Å². The Balaban J connectivity index is 1.45. The van der Waals surface area contributed by atoms with Crippen LogP contribution in [0.25, 0.3) is 11.0 Å². The third-order valence-corrected chi connectivity index (χ3v) is 7.12. The smallest absolute Gasteiger partial charge is 0.360 e. The first-order chi connectivity index (χ1) is 15.4. The molecule has 0 aliphatic carbocycles. The number of aromatic nitrogens is 6. The van der Waals surface area contributed by atoms with Gasteiger partial charge in [-0.15, -0.1) is 10.2 Å². The number of halogens is 1. The van der Waals surface area contributed by atoms with E-state index in [1.807, 2.05) is 6.07 Å². The Morgan fingerprint density at radius 2 is 1.88 bits per heavy atom. The van der Waals surface area contributed by atoms with Crippen LogP contribution in [0.1, 0.15) is 29.0 Å². The van der Waals surface area contributed by atoms with Crippen LogP contribution in [0.3, 0.4) is 0 Å². The van der Waals surface area contributed by atoms with Crippen LogP contribution >= 0.6 is 15.9 Å². The third-order valence-electron chi connectivity index (χ3n) is 4.83. The molecule has 0 bridgehead atoms. The van der Waals surface area contributed by atoms with E-state index in [-0.39, 0.29) is 16.2 Å². The summed E-state index contributed by atoms with van der Waals surface area (Å²) >= 11 is 3.44. The van der Waals surface area contributed by atoms with Crippen molar-refractivity contribution in [1.29, 1.82) is 0 Å². The number of hydrogen-bond donors (Lipinski definition) is 0. The zero-order chi connectivity index (χ0) is 22.7. The van der Waals surface area contributed by atoms with Gasteiger partial charge in [0, 0.05) is 22.6 Å². The standard InChI is InChI=1S/C20H19BrN6O4S/c1-31-20(28)18-13-26(25-23-18)10-6-5-7-14-11-16-17(21)12-27(19(16)24-22-14)32(29,30)15-8-3-2-4-9-15/h2-4,8-9,11-13H,5-7,10H2,1H3. The van der Waals surface area contributed by atoms with Gasteiger partial charge in [-0.3, -0.25) is 4.68 Å². The van der Waals surface area contributed by atoms with Crippen molar-refractivity contribution in [3.63, 3.8) is 0 Å². The summed E-state index contributed by atoms with van der Waals surface area (Å²) in [4.78, 5) is 11.6. The molecule has 0 saturated heterocycles. The molecule has 0 aliphatic heterocycles. The maximum Gasteiger partial charge on any atom is 0.360 e. The molecule has 1 aromatic carbocycles. The molecule has 0 atom stereocenters. The minimum absolute atomic E-state index is 0.170. The first-order valence-electron chi connectivity index (χ1n) is 9.72. The molecular formula is C20H19BrN6O4S. The zero-order valence-electron chi connectivity index (χ0n) is 17.0. The molecule has 3 heterocycles. The Labute approximate surface area is 192 Å². The Morgan fingerprint density at radius 1 is 1.09 bits per heavy atom. The number of carbonyl (C=O) groups excluding carboxylic acids is 1. The van der Waals surface area contributed by atoms with E-state index >= 15 is 0 Å². The molecule has 12 heteroatoms. The number of aryl methyl sites for hydroxylation is 2. The van der Waals surface area contributed by atoms with Crippen LogP contribution in [0.5, 0.6) is 0 Å². The van der Waals surface area contributed by atoms with E-state index in [9.17, 15) is 13.2 Å². The van der Waals surface area contributed by atoms with E-state index in [1.54, 1.807) is 41.2 Å². The van der Waals surface area contributed by atoms with Gasteiger partial charge < -0.3 is 4.74 Å². The summed E-state index contributed by atoms with van der Waals surface area (Å²) in [7, 11) is -2.49. The minimum atomic E-state index is -3.78. The van der Waals surface area contributed by atoms with Gasteiger partial charge in [0.25, 0.3) is 10.0 Å². The zero-order valence-corrected chi connectivity index (χ0v) is 19.5. The molecule has 0 fully saturated rings. The fourth-order valence-electron chi connectivity index (χ4n) is 3.19. The molecule has 32 heavy (non-hydrogen) atoms. The van der Waals surface area contributed by atoms with Gasteiger partial charge in [0.1, 0.15) is 0 Å². The monoisotopic (exact) mass is 518 g/mol. The summed E-state index contributed by atoms with van der Waals surface area (Å²) in [5, 5.41) is 16.8. The molecule has 4 rings (SSSR count). The lowest BCUT2D eigenvalue weighted by Crippen LogP contribution is -2.12. The van der Waals surface area contributed by atoms with Crippen LogP contribution in [0.4, 0.5) is 0 Å². The Hall–Kier alpha value is -3.12. The Kier molecular flexibility index (Phi) is 6.33. The second kappa shape index (κ2) is 9.17. The van der Waals surface area contributed by atoms with Gasteiger partial charge in [-0.25, -0.2) is 17.2 Å². The van der Waals surface area contributed by atoms with E-state index < -0.39 is 16.0 Å². The van der Waals surface area contributed by atoms with Crippen molar-refractivity contribution in [3.05, 3.63) is 64.7 Å². The fourth-order valence-corrected chi connectivity index (χ4v) is 5.16. The van der Waals surface area contributed by atoms with Crippen LogP contribution < -0.4 is 0 Å². The van der Waals surface area contributed by atoms with Gasteiger partial charge in [-0.05, 0) is 53.4 Å². The van der Waals surface area contributed by atoms with Crippen molar-refractivity contribution >= 4 is 43.0 Å². The number of nitrogens with zero attached hydrogens (tertiary/aromatic N) is 6. The lowest BCUT2D eigenvalue weighted by molar-refractivity contribution is 0.0594. The summed E-state index contributed by atoms with van der Waals surface area (Å²) in [6.45, 7) is 0.592. The predicted molar refractivity (Wildman–Crippen MR) is 119 cm³/mol. The summed E-state index contributed by atoms with van der Waals surface area (Å²) in [5.41, 5.74) is 1.19. The van der Waals surface area contributed by atoms with Crippen molar-refractivity contribution < 1.29 is 17.9 Å². The van der Waals surface area contributed by atoms with E-state index in [0.29, 0.717) is 22.8 Å². The number of carbonyl (C=O) groups is 1. The quantitative estimate of drug-likeness (QED) is 0.257. The maximum atomic E-state index is 13.0. The van der Waals surface area contributed by atoms with Crippen molar-refractivity contribution in [1.82, 2.24) is 29.2 Å². The molecule has 10 nitrogen and oxygen atoms in total. The number of methoxy groups -OCH3 is 1. The molecule has 0 unspecified atom stereocenters. The molecule has 0 N–H and O–H groups in total. The normalized spacial score (nSPS) is 11.7. The van der Waals surface area contributed by atoms with E-state index in [2.05, 4.69) is 41.2 Å². The van der Waals surface area contributed by atoms with Crippen molar-refractivity contribution in [2.24, 2.45) is 0 Å². The molecular weight excluding hydrogens is 500 g/mol. The summed E-state index contributed by atoms with van der Waals surface area (Å²) < 4.78 is 33.9. The molecule has 0 spiro atoms. The molecule has 0 saturated carbocycles. The summed E-state index contributed by atoms with van der Waals surface area (Å²) in [5.74, 6) is -0.522. The highest BCUT2D eigenvalue weighted by atomic mass is 79.9. The van der Waals surface area contributed by atoms with Gasteiger partial charge >= 0.3 is 5.97 Å². The van der Waals surface area contributed by atoms with Crippen LogP contribution in [-0.2, 0) is 27.7 Å². The number of unbranched alkanes of at least 4 members (excludes halogenated alkanes) is 1. The Bertz CT molecular complexity index is 1370.